The number of aromatic nitrogens is 3. The normalized spacial score (nSPS) is 11.6. The summed E-state index contributed by atoms with van der Waals surface area (Å²) >= 11 is 1.40. The number of aryl methyl sites for hydroxylation is 2. The topological polar surface area (TPSA) is 85.6 Å². The van der Waals surface area contributed by atoms with Gasteiger partial charge >= 0.3 is 5.63 Å². The molecule has 8 heteroatoms. The van der Waals surface area contributed by atoms with Crippen molar-refractivity contribution in [3.05, 3.63) is 87.3 Å². The molecule has 0 amide bonds. The maximum absolute atomic E-state index is 12.5. The zero-order chi connectivity index (χ0) is 22.2. The molecule has 0 atom stereocenters. The summed E-state index contributed by atoms with van der Waals surface area (Å²) in [5, 5.41) is 16.7. The number of azo groups is 1. The SMILES string of the molecule is Cc1ccc(N=Nc2c(C)nn(-c3nc(-c4cc5ccccc5oc4=O)cs3)c2C)cc1. The van der Waals surface area contributed by atoms with Crippen LogP contribution in [0.2, 0.25) is 0 Å². The van der Waals surface area contributed by atoms with Gasteiger partial charge in [0.05, 0.1) is 28.3 Å². The second kappa shape index (κ2) is 7.97. The molecule has 0 aliphatic rings. The van der Waals surface area contributed by atoms with Crippen LogP contribution >= 0.6 is 11.3 Å². The Labute approximate surface area is 187 Å². The zero-order valence-electron chi connectivity index (χ0n) is 17.7. The smallest absolute Gasteiger partial charge is 0.345 e. The largest absolute Gasteiger partial charge is 0.422 e. The molecule has 0 saturated carbocycles. The zero-order valence-corrected chi connectivity index (χ0v) is 18.6. The van der Waals surface area contributed by atoms with Crippen LogP contribution in [0.4, 0.5) is 11.4 Å². The quantitative estimate of drug-likeness (QED) is 0.237. The Morgan fingerprint density at radius 3 is 2.59 bits per heavy atom. The van der Waals surface area contributed by atoms with E-state index in [4.69, 9.17) is 4.42 Å². The summed E-state index contributed by atoms with van der Waals surface area (Å²) in [4.78, 5) is 17.1. The van der Waals surface area contributed by atoms with Crippen molar-refractivity contribution >= 4 is 33.7 Å². The Bertz CT molecular complexity index is 1530. The monoisotopic (exact) mass is 441 g/mol. The van der Waals surface area contributed by atoms with E-state index in [9.17, 15) is 4.79 Å². The van der Waals surface area contributed by atoms with E-state index in [1.807, 2.05) is 74.7 Å². The number of fused-ring (bicyclic) bond motifs is 1. The average Bonchev–Trinajstić information content (AvgIpc) is 3.38. The Morgan fingerprint density at radius 1 is 1.00 bits per heavy atom. The third kappa shape index (κ3) is 3.65. The van der Waals surface area contributed by atoms with Gasteiger partial charge in [0, 0.05) is 10.8 Å². The highest BCUT2D eigenvalue weighted by molar-refractivity contribution is 7.12. The predicted molar refractivity (Wildman–Crippen MR) is 126 cm³/mol. The minimum atomic E-state index is -0.415. The maximum Gasteiger partial charge on any atom is 0.345 e. The molecule has 2 aromatic carbocycles. The number of thiazole rings is 1. The molecular weight excluding hydrogens is 422 g/mol. The first-order chi connectivity index (χ1) is 15.5. The van der Waals surface area contributed by atoms with Gasteiger partial charge in [0.25, 0.3) is 0 Å². The van der Waals surface area contributed by atoms with E-state index in [-0.39, 0.29) is 0 Å². The number of benzene rings is 2. The van der Waals surface area contributed by atoms with E-state index >= 15 is 0 Å². The van der Waals surface area contributed by atoms with Gasteiger partial charge in [0.1, 0.15) is 11.3 Å². The van der Waals surface area contributed by atoms with Gasteiger partial charge in [-0.1, -0.05) is 35.9 Å². The fraction of sp³-hybridized carbons (Fsp3) is 0.125. The summed E-state index contributed by atoms with van der Waals surface area (Å²) in [5.41, 5.74) is 5.34. The van der Waals surface area contributed by atoms with E-state index < -0.39 is 5.63 Å². The Hall–Kier alpha value is -3.91. The third-order valence-corrected chi connectivity index (χ3v) is 5.96. The van der Waals surface area contributed by atoms with Crippen LogP contribution in [0.15, 0.2) is 79.4 Å². The highest BCUT2D eigenvalue weighted by Gasteiger charge is 2.17. The number of nitrogens with zero attached hydrogens (tertiary/aromatic N) is 5. The minimum Gasteiger partial charge on any atom is -0.422 e. The van der Waals surface area contributed by atoms with Gasteiger partial charge in [-0.05, 0) is 45.0 Å². The highest BCUT2D eigenvalue weighted by Crippen LogP contribution is 2.30. The van der Waals surface area contributed by atoms with Crippen molar-refractivity contribution in [2.75, 3.05) is 0 Å². The van der Waals surface area contributed by atoms with Crippen LogP contribution in [0.25, 0.3) is 27.4 Å². The van der Waals surface area contributed by atoms with Crippen molar-refractivity contribution in [1.29, 1.82) is 0 Å². The molecule has 7 nitrogen and oxygen atoms in total. The van der Waals surface area contributed by atoms with Crippen LogP contribution in [0.1, 0.15) is 17.0 Å². The molecule has 0 bridgehead atoms. The van der Waals surface area contributed by atoms with E-state index in [0.717, 1.165) is 22.5 Å². The first kappa shape index (κ1) is 20.0. The molecule has 0 aliphatic heterocycles. The van der Waals surface area contributed by atoms with Crippen molar-refractivity contribution in [1.82, 2.24) is 14.8 Å². The molecule has 5 rings (SSSR count). The van der Waals surface area contributed by atoms with Crippen molar-refractivity contribution in [2.24, 2.45) is 10.2 Å². The molecule has 0 radical (unpaired) electrons. The second-order valence-electron chi connectivity index (χ2n) is 7.47. The van der Waals surface area contributed by atoms with Crippen LogP contribution < -0.4 is 5.63 Å². The van der Waals surface area contributed by atoms with E-state index in [1.165, 1.54) is 16.9 Å². The van der Waals surface area contributed by atoms with Gasteiger partial charge in [0.15, 0.2) is 0 Å². The van der Waals surface area contributed by atoms with E-state index in [0.29, 0.717) is 27.7 Å². The van der Waals surface area contributed by atoms with Gasteiger partial charge in [-0.3, -0.25) is 0 Å². The number of hydrogen-bond donors (Lipinski definition) is 0. The number of rotatable bonds is 4. The summed E-state index contributed by atoms with van der Waals surface area (Å²) in [6, 6.07) is 17.1. The lowest BCUT2D eigenvalue weighted by atomic mass is 10.1. The van der Waals surface area contributed by atoms with Gasteiger partial charge in [-0.2, -0.15) is 10.2 Å². The van der Waals surface area contributed by atoms with Crippen LogP contribution in [0.3, 0.4) is 0 Å². The van der Waals surface area contributed by atoms with Crippen molar-refractivity contribution in [3.63, 3.8) is 0 Å². The Kier molecular flexibility index (Phi) is 4.99. The van der Waals surface area contributed by atoms with Crippen molar-refractivity contribution in [3.8, 4) is 16.4 Å². The van der Waals surface area contributed by atoms with Crippen LogP contribution in [0, 0.1) is 20.8 Å². The standard InChI is InChI=1S/C24H19N5O2S/c1-14-8-10-18(11-9-14)26-27-22-15(2)28-29(16(22)3)24-25-20(13-32-24)19-12-17-6-4-5-7-21(17)31-23(19)30/h4-13H,1-3H3. The molecule has 3 aromatic heterocycles. The lowest BCUT2D eigenvalue weighted by Gasteiger charge is -2.00. The molecule has 158 valence electrons. The fourth-order valence-electron chi connectivity index (χ4n) is 3.41. The van der Waals surface area contributed by atoms with Crippen LogP contribution in [0.5, 0.6) is 0 Å². The molecule has 0 N–H and O–H groups in total. The molecule has 0 spiro atoms. The molecule has 5 aromatic rings. The van der Waals surface area contributed by atoms with Crippen LogP contribution in [-0.4, -0.2) is 14.8 Å². The molecule has 0 fully saturated rings. The minimum absolute atomic E-state index is 0.415. The summed E-state index contributed by atoms with van der Waals surface area (Å²) in [7, 11) is 0. The molecule has 3 heterocycles. The third-order valence-electron chi connectivity index (χ3n) is 5.14. The van der Waals surface area contributed by atoms with Gasteiger partial charge < -0.3 is 4.42 Å². The molecule has 0 unspecified atom stereocenters. The van der Waals surface area contributed by atoms with Gasteiger partial charge in [0.2, 0.25) is 5.13 Å². The summed E-state index contributed by atoms with van der Waals surface area (Å²) < 4.78 is 7.18. The molecule has 32 heavy (non-hydrogen) atoms. The van der Waals surface area contributed by atoms with Crippen molar-refractivity contribution < 1.29 is 4.42 Å². The predicted octanol–water partition coefficient (Wildman–Crippen LogP) is 6.44. The van der Waals surface area contributed by atoms with Gasteiger partial charge in [-0.25, -0.2) is 14.5 Å². The van der Waals surface area contributed by atoms with Crippen LogP contribution in [-0.2, 0) is 0 Å². The van der Waals surface area contributed by atoms with E-state index in [2.05, 4.69) is 20.3 Å². The highest BCUT2D eigenvalue weighted by atomic mass is 32.1. The lowest BCUT2D eigenvalue weighted by Crippen LogP contribution is -2.03. The molecular formula is C24H19N5O2S. The Balaban J connectivity index is 1.50. The average molecular weight is 442 g/mol. The van der Waals surface area contributed by atoms with E-state index in [1.54, 1.807) is 10.7 Å². The first-order valence-electron chi connectivity index (χ1n) is 10.0. The fourth-order valence-corrected chi connectivity index (χ4v) is 4.24. The lowest BCUT2D eigenvalue weighted by molar-refractivity contribution is 0.563. The summed E-state index contributed by atoms with van der Waals surface area (Å²) in [6.07, 6.45) is 0. The number of para-hydroxylation sites is 1. The maximum atomic E-state index is 12.5. The second-order valence-corrected chi connectivity index (χ2v) is 8.30. The molecule has 0 saturated heterocycles. The van der Waals surface area contributed by atoms with Crippen molar-refractivity contribution in [2.45, 2.75) is 20.8 Å². The molecule has 0 aliphatic carbocycles. The summed E-state index contributed by atoms with van der Waals surface area (Å²) in [6.45, 7) is 5.85. The Morgan fingerprint density at radius 2 is 1.78 bits per heavy atom. The summed E-state index contributed by atoms with van der Waals surface area (Å²) in [5.74, 6) is 0. The number of hydrogen-bond acceptors (Lipinski definition) is 7. The van der Waals surface area contributed by atoms with Gasteiger partial charge in [-0.15, -0.1) is 16.5 Å². The first-order valence-corrected chi connectivity index (χ1v) is 10.9.